The number of hydrogen-bond acceptors (Lipinski definition) is 2. The van der Waals surface area contributed by atoms with E-state index in [1.807, 2.05) is 13.8 Å². The highest BCUT2D eigenvalue weighted by Gasteiger charge is 2.18. The first kappa shape index (κ1) is 16.3. The fourth-order valence-corrected chi connectivity index (χ4v) is 2.19. The molecule has 7 heteroatoms. The first-order valence-electron chi connectivity index (χ1n) is 4.59. The van der Waals surface area contributed by atoms with E-state index in [-0.39, 0.29) is 20.3 Å². The van der Waals surface area contributed by atoms with Gasteiger partial charge in [0.2, 0.25) is 0 Å². The summed E-state index contributed by atoms with van der Waals surface area (Å²) in [6.07, 6.45) is 0. The van der Waals surface area contributed by atoms with Crippen LogP contribution in [-0.2, 0) is 0 Å². The van der Waals surface area contributed by atoms with Crippen LogP contribution in [0.25, 0.3) is 0 Å². The molecular formula is C10H10Br2F2O3. The number of carboxylic acid groups (broad SMARTS) is 1. The summed E-state index contributed by atoms with van der Waals surface area (Å²) in [5.74, 6) is -1.46. The van der Waals surface area contributed by atoms with Crippen molar-refractivity contribution in [3.8, 4) is 5.75 Å². The summed E-state index contributed by atoms with van der Waals surface area (Å²) in [5.41, 5.74) is -0.145. The number of aromatic carboxylic acids is 1. The van der Waals surface area contributed by atoms with Gasteiger partial charge in [0.25, 0.3) is 0 Å². The molecule has 0 radical (unpaired) electrons. The summed E-state index contributed by atoms with van der Waals surface area (Å²) in [6.45, 7) is 0.988. The molecule has 1 aromatic carbocycles. The first-order valence-corrected chi connectivity index (χ1v) is 6.18. The van der Waals surface area contributed by atoms with Gasteiger partial charge in [0.15, 0.2) is 5.75 Å². The number of carboxylic acids is 1. The Labute approximate surface area is 114 Å². The number of carbonyl (C=O) groups is 1. The molecule has 0 atom stereocenters. The van der Waals surface area contributed by atoms with E-state index in [0.717, 1.165) is 0 Å². The molecule has 0 amide bonds. The van der Waals surface area contributed by atoms with Crippen LogP contribution in [0.1, 0.15) is 24.2 Å². The van der Waals surface area contributed by atoms with Gasteiger partial charge in [-0.1, -0.05) is 13.8 Å². The maximum Gasteiger partial charge on any atom is 0.387 e. The zero-order valence-electron chi connectivity index (χ0n) is 9.01. The van der Waals surface area contributed by atoms with Crippen LogP contribution >= 0.6 is 31.9 Å². The molecule has 0 spiro atoms. The Morgan fingerprint density at radius 3 is 2.29 bits per heavy atom. The molecule has 1 aromatic rings. The molecular weight excluding hydrogens is 366 g/mol. The van der Waals surface area contributed by atoms with Gasteiger partial charge in [-0.15, -0.1) is 0 Å². The smallest absolute Gasteiger partial charge is 0.387 e. The molecule has 0 aliphatic carbocycles. The first-order chi connectivity index (χ1) is 7.93. The summed E-state index contributed by atoms with van der Waals surface area (Å²) < 4.78 is 28.4. The van der Waals surface area contributed by atoms with Gasteiger partial charge in [0.1, 0.15) is 0 Å². The van der Waals surface area contributed by atoms with Crippen molar-refractivity contribution in [3.63, 3.8) is 0 Å². The third kappa shape index (κ3) is 4.59. The van der Waals surface area contributed by atoms with Crippen LogP contribution in [0, 0.1) is 0 Å². The van der Waals surface area contributed by atoms with Crippen molar-refractivity contribution >= 4 is 37.8 Å². The van der Waals surface area contributed by atoms with E-state index < -0.39 is 12.6 Å². The lowest BCUT2D eigenvalue weighted by molar-refractivity contribution is -0.0509. The molecule has 17 heavy (non-hydrogen) atoms. The van der Waals surface area contributed by atoms with E-state index >= 15 is 0 Å². The lowest BCUT2D eigenvalue weighted by atomic mass is 10.2. The number of ether oxygens (including phenoxy) is 1. The Balaban J connectivity index is 0.00000121. The van der Waals surface area contributed by atoms with Crippen molar-refractivity contribution < 1.29 is 23.4 Å². The minimum absolute atomic E-state index is 0.0234. The van der Waals surface area contributed by atoms with Crippen LogP contribution in [0.5, 0.6) is 5.75 Å². The van der Waals surface area contributed by atoms with Crippen LogP contribution < -0.4 is 4.74 Å². The standard InChI is InChI=1S/C8H4Br2F2O3.C2H6/c9-4-2-1-3(7(13)14)5(10)6(4)15-8(11)12;1-2/h1-2,8H,(H,13,14);1-2H3. The second-order valence-corrected chi connectivity index (χ2v) is 4.07. The summed E-state index contributed by atoms with van der Waals surface area (Å²) in [5, 5.41) is 8.73. The Hall–Kier alpha value is -0.690. The highest BCUT2D eigenvalue weighted by atomic mass is 79.9. The minimum atomic E-state index is -3.01. The van der Waals surface area contributed by atoms with Crippen LogP contribution in [0.4, 0.5) is 8.78 Å². The van der Waals surface area contributed by atoms with E-state index in [9.17, 15) is 13.6 Å². The number of alkyl halides is 2. The van der Waals surface area contributed by atoms with Crippen molar-refractivity contribution in [2.75, 3.05) is 0 Å². The molecule has 0 aliphatic heterocycles. The second kappa shape index (κ2) is 7.60. The zero-order valence-corrected chi connectivity index (χ0v) is 12.2. The van der Waals surface area contributed by atoms with E-state index in [4.69, 9.17) is 5.11 Å². The molecule has 0 bridgehead atoms. The van der Waals surface area contributed by atoms with Crippen LogP contribution in [0.2, 0.25) is 0 Å². The summed E-state index contributed by atoms with van der Waals surface area (Å²) in [7, 11) is 0. The Morgan fingerprint density at radius 2 is 1.88 bits per heavy atom. The lowest BCUT2D eigenvalue weighted by Gasteiger charge is -2.10. The maximum absolute atomic E-state index is 12.0. The molecule has 0 saturated carbocycles. The lowest BCUT2D eigenvalue weighted by Crippen LogP contribution is -2.06. The number of hydrogen-bond donors (Lipinski definition) is 1. The summed E-state index contributed by atoms with van der Waals surface area (Å²) in [6, 6.07) is 2.60. The molecule has 0 fully saturated rings. The van der Waals surface area contributed by atoms with Gasteiger partial charge in [0, 0.05) is 0 Å². The molecule has 1 rings (SSSR count). The van der Waals surface area contributed by atoms with Crippen LogP contribution in [0.15, 0.2) is 21.1 Å². The van der Waals surface area contributed by atoms with E-state index in [2.05, 4.69) is 36.6 Å². The van der Waals surface area contributed by atoms with Crippen molar-refractivity contribution in [2.24, 2.45) is 0 Å². The van der Waals surface area contributed by atoms with Crippen molar-refractivity contribution in [1.82, 2.24) is 0 Å². The second-order valence-electron chi connectivity index (χ2n) is 2.42. The van der Waals surface area contributed by atoms with Gasteiger partial charge in [-0.05, 0) is 44.0 Å². The quantitative estimate of drug-likeness (QED) is 0.843. The number of benzene rings is 1. The molecule has 96 valence electrons. The third-order valence-electron chi connectivity index (χ3n) is 1.49. The number of halogens is 4. The average Bonchev–Trinajstić information content (AvgIpc) is 2.26. The molecule has 1 N–H and O–H groups in total. The molecule has 3 nitrogen and oxygen atoms in total. The van der Waals surface area contributed by atoms with E-state index in [1.54, 1.807) is 0 Å². The number of rotatable bonds is 3. The van der Waals surface area contributed by atoms with Crippen molar-refractivity contribution in [2.45, 2.75) is 20.5 Å². The summed E-state index contributed by atoms with van der Waals surface area (Å²) in [4.78, 5) is 10.7. The van der Waals surface area contributed by atoms with Gasteiger partial charge in [0.05, 0.1) is 14.5 Å². The Bertz CT molecular complexity index is 397. The van der Waals surface area contributed by atoms with Crippen LogP contribution in [-0.4, -0.2) is 17.7 Å². The van der Waals surface area contributed by atoms with Gasteiger partial charge in [-0.2, -0.15) is 8.78 Å². The average molecular weight is 376 g/mol. The van der Waals surface area contributed by atoms with Crippen LogP contribution in [0.3, 0.4) is 0 Å². The SMILES string of the molecule is CC.O=C(O)c1ccc(Br)c(OC(F)F)c1Br. The van der Waals surface area contributed by atoms with E-state index in [0.29, 0.717) is 0 Å². The predicted molar refractivity (Wildman–Crippen MR) is 66.8 cm³/mol. The molecule has 0 heterocycles. The molecule has 0 saturated heterocycles. The highest BCUT2D eigenvalue weighted by Crippen LogP contribution is 2.36. The van der Waals surface area contributed by atoms with Gasteiger partial charge in [-0.3, -0.25) is 0 Å². The summed E-state index contributed by atoms with van der Waals surface area (Å²) >= 11 is 5.87. The Morgan fingerprint density at radius 1 is 1.35 bits per heavy atom. The largest absolute Gasteiger partial charge is 0.478 e. The maximum atomic E-state index is 12.0. The molecule has 0 unspecified atom stereocenters. The molecule has 0 aromatic heterocycles. The van der Waals surface area contributed by atoms with Gasteiger partial charge < -0.3 is 9.84 Å². The van der Waals surface area contributed by atoms with Gasteiger partial charge in [-0.25, -0.2) is 4.79 Å². The fourth-order valence-electron chi connectivity index (χ4n) is 0.895. The minimum Gasteiger partial charge on any atom is -0.478 e. The Kier molecular flexibility index (Phi) is 7.29. The predicted octanol–water partition coefficient (Wildman–Crippen LogP) is 4.54. The monoisotopic (exact) mass is 374 g/mol. The zero-order chi connectivity index (χ0) is 13.6. The van der Waals surface area contributed by atoms with Crippen molar-refractivity contribution in [3.05, 3.63) is 26.6 Å². The third-order valence-corrected chi connectivity index (χ3v) is 2.90. The van der Waals surface area contributed by atoms with Gasteiger partial charge >= 0.3 is 12.6 Å². The molecule has 0 aliphatic rings. The van der Waals surface area contributed by atoms with E-state index in [1.165, 1.54) is 12.1 Å². The topological polar surface area (TPSA) is 46.5 Å². The van der Waals surface area contributed by atoms with Crippen molar-refractivity contribution in [1.29, 1.82) is 0 Å². The normalized spacial score (nSPS) is 9.59. The fraction of sp³-hybridized carbons (Fsp3) is 0.300. The highest BCUT2D eigenvalue weighted by molar-refractivity contribution is 9.11.